The van der Waals surface area contributed by atoms with E-state index in [0.717, 1.165) is 16.8 Å². The molecule has 0 unspecified atom stereocenters. The molecule has 1 aliphatic rings. The first-order valence-electron chi connectivity index (χ1n) is 9.25. The molecule has 0 radical (unpaired) electrons. The summed E-state index contributed by atoms with van der Waals surface area (Å²) in [5, 5.41) is 2.37. The van der Waals surface area contributed by atoms with Gasteiger partial charge in [-0.15, -0.1) is 0 Å². The number of benzene rings is 2. The van der Waals surface area contributed by atoms with E-state index in [1.54, 1.807) is 0 Å². The van der Waals surface area contributed by atoms with Crippen LogP contribution in [-0.2, 0) is 7.05 Å². The first-order chi connectivity index (χ1) is 13.2. The number of para-hydroxylation sites is 1. The monoisotopic (exact) mass is 351 g/mol. The minimum Gasteiger partial charge on any atom is -0.452 e. The van der Waals surface area contributed by atoms with Gasteiger partial charge in [0.15, 0.2) is 5.42 Å². The topological polar surface area (TPSA) is 20.3 Å². The Labute approximate surface area is 158 Å². The summed E-state index contributed by atoms with van der Waals surface area (Å²) in [7, 11) is 2.08. The summed E-state index contributed by atoms with van der Waals surface area (Å²) in [6, 6.07) is 23.1. The van der Waals surface area contributed by atoms with Gasteiger partial charge >= 0.3 is 6.85 Å². The van der Waals surface area contributed by atoms with Gasteiger partial charge in [-0.25, -0.2) is 4.57 Å². The average Bonchev–Trinajstić information content (AvgIpc) is 3.06. The summed E-state index contributed by atoms with van der Waals surface area (Å²) in [5.41, 5.74) is 4.28. The maximum absolute atomic E-state index is 6.11. The van der Waals surface area contributed by atoms with Crippen LogP contribution in [0.15, 0.2) is 77.3 Å². The maximum Gasteiger partial charge on any atom is 0.402 e. The molecule has 0 atom stereocenters. The van der Waals surface area contributed by atoms with E-state index in [4.69, 9.17) is 4.42 Å². The van der Waals surface area contributed by atoms with Crippen LogP contribution in [-0.4, -0.2) is 6.85 Å². The van der Waals surface area contributed by atoms with Gasteiger partial charge in [-0.05, 0) is 30.1 Å². The Hall–Kier alpha value is -3.27. The van der Waals surface area contributed by atoms with Crippen molar-refractivity contribution in [1.29, 1.82) is 0 Å². The standard InChI is InChI=1S/C23H20BN2O/c1-24-15-20-19-10-6-7-11-21(19)27-22(20)16-26(24)23-14-18(12-13-25(23)2)17-8-4-3-5-9-17/h3-16H,1-2H3/q+1. The molecule has 3 nitrogen and oxygen atoms in total. The SMILES string of the molecule is CB1C=c2c(oc3ccccc23)=CN1c1cc(-c2ccccc2)cc[n+]1C. The number of aromatic nitrogens is 1. The minimum atomic E-state index is 0.232. The van der Waals surface area contributed by atoms with E-state index in [0.29, 0.717) is 0 Å². The van der Waals surface area contributed by atoms with Crippen LogP contribution in [0.1, 0.15) is 0 Å². The largest absolute Gasteiger partial charge is 0.452 e. The van der Waals surface area contributed by atoms with Gasteiger partial charge in [0.1, 0.15) is 11.8 Å². The number of aryl methyl sites for hydroxylation is 1. The second-order valence-corrected chi connectivity index (χ2v) is 7.07. The zero-order valence-electron chi connectivity index (χ0n) is 15.5. The number of fused-ring (bicyclic) bond motifs is 3. The number of hydrogen-bond donors (Lipinski definition) is 0. The predicted molar refractivity (Wildman–Crippen MR) is 112 cm³/mol. The van der Waals surface area contributed by atoms with Gasteiger partial charge in [-0.1, -0.05) is 54.5 Å². The van der Waals surface area contributed by atoms with Gasteiger partial charge in [0.25, 0.3) is 5.82 Å². The van der Waals surface area contributed by atoms with Crippen LogP contribution in [0.3, 0.4) is 0 Å². The van der Waals surface area contributed by atoms with Crippen LogP contribution >= 0.6 is 0 Å². The van der Waals surface area contributed by atoms with Gasteiger partial charge < -0.3 is 4.42 Å². The molecular formula is C23H20BN2O+. The minimum absolute atomic E-state index is 0.232. The Morgan fingerprint density at radius 1 is 0.926 bits per heavy atom. The maximum atomic E-state index is 6.11. The zero-order chi connectivity index (χ0) is 18.4. The molecule has 0 aliphatic carbocycles. The highest BCUT2D eigenvalue weighted by atomic mass is 16.3. The predicted octanol–water partition coefficient (Wildman–Crippen LogP) is 3.12. The number of furan rings is 1. The highest BCUT2D eigenvalue weighted by Crippen LogP contribution is 2.23. The first-order valence-corrected chi connectivity index (χ1v) is 9.25. The number of nitrogens with zero attached hydrogens (tertiary/aromatic N) is 2. The summed E-state index contributed by atoms with van der Waals surface area (Å²) in [6.07, 6.45) is 4.25. The van der Waals surface area contributed by atoms with Gasteiger partial charge in [0.2, 0.25) is 0 Å². The van der Waals surface area contributed by atoms with E-state index in [-0.39, 0.29) is 6.85 Å². The molecule has 0 bridgehead atoms. The van der Waals surface area contributed by atoms with Crippen molar-refractivity contribution in [3.8, 4) is 11.1 Å². The van der Waals surface area contributed by atoms with Crippen molar-refractivity contribution in [3.63, 3.8) is 0 Å². The van der Waals surface area contributed by atoms with Crippen molar-refractivity contribution in [2.24, 2.45) is 7.05 Å². The molecule has 2 aromatic heterocycles. The van der Waals surface area contributed by atoms with Gasteiger partial charge in [0, 0.05) is 16.7 Å². The molecule has 0 amide bonds. The molecule has 0 saturated carbocycles. The van der Waals surface area contributed by atoms with Crippen LogP contribution < -0.4 is 20.0 Å². The summed E-state index contributed by atoms with van der Waals surface area (Å²) in [6.45, 7) is 2.45. The lowest BCUT2D eigenvalue weighted by Crippen LogP contribution is -2.47. The van der Waals surface area contributed by atoms with Gasteiger partial charge in [-0.2, -0.15) is 0 Å². The molecule has 0 spiro atoms. The van der Waals surface area contributed by atoms with E-state index in [1.165, 1.54) is 21.7 Å². The van der Waals surface area contributed by atoms with Crippen molar-refractivity contribution in [2.75, 3.05) is 4.81 Å². The Kier molecular flexibility index (Phi) is 3.64. The third-order valence-corrected chi connectivity index (χ3v) is 5.26. The number of pyridine rings is 1. The average molecular weight is 351 g/mol. The zero-order valence-corrected chi connectivity index (χ0v) is 15.5. The van der Waals surface area contributed by atoms with Gasteiger partial charge in [-0.3, -0.25) is 4.81 Å². The molecule has 0 saturated heterocycles. The fourth-order valence-corrected chi connectivity index (χ4v) is 3.82. The Morgan fingerprint density at radius 3 is 2.56 bits per heavy atom. The molecule has 0 fully saturated rings. The van der Waals surface area contributed by atoms with E-state index < -0.39 is 0 Å². The number of rotatable bonds is 2. The molecule has 3 heterocycles. The lowest BCUT2D eigenvalue weighted by atomic mass is 9.61. The van der Waals surface area contributed by atoms with Crippen LogP contribution in [0.5, 0.6) is 0 Å². The third-order valence-electron chi connectivity index (χ3n) is 5.26. The number of hydrogen-bond acceptors (Lipinski definition) is 2. The van der Waals surface area contributed by atoms with Crippen LogP contribution in [0, 0.1) is 0 Å². The lowest BCUT2D eigenvalue weighted by Gasteiger charge is -2.19. The second-order valence-electron chi connectivity index (χ2n) is 7.07. The Balaban J connectivity index is 1.67. The number of anilines is 1. The van der Waals surface area contributed by atoms with Crippen molar-refractivity contribution in [1.82, 2.24) is 0 Å². The normalized spacial score (nSPS) is 13.3. The van der Waals surface area contributed by atoms with Crippen molar-refractivity contribution >= 4 is 35.8 Å². The highest BCUT2D eigenvalue weighted by molar-refractivity contribution is 6.77. The molecule has 4 heteroatoms. The molecule has 27 heavy (non-hydrogen) atoms. The fourth-order valence-electron chi connectivity index (χ4n) is 3.82. The summed E-state index contributed by atoms with van der Waals surface area (Å²) in [5.74, 6) is 3.42. The van der Waals surface area contributed by atoms with Crippen LogP contribution in [0.4, 0.5) is 5.82 Å². The third kappa shape index (κ3) is 2.65. The van der Waals surface area contributed by atoms with Gasteiger partial charge in [0.05, 0.1) is 13.2 Å². The molecule has 1 aliphatic heterocycles. The van der Waals surface area contributed by atoms with Crippen molar-refractivity contribution < 1.29 is 8.98 Å². The summed E-state index contributed by atoms with van der Waals surface area (Å²) in [4.78, 5) is 2.27. The van der Waals surface area contributed by atoms with E-state index in [2.05, 4.69) is 90.2 Å². The highest BCUT2D eigenvalue weighted by Gasteiger charge is 2.29. The van der Waals surface area contributed by atoms with E-state index in [1.807, 2.05) is 18.2 Å². The summed E-state index contributed by atoms with van der Waals surface area (Å²) >= 11 is 0. The molecule has 4 aromatic rings. The first kappa shape index (κ1) is 15.9. The molecule has 5 rings (SSSR count). The Bertz CT molecular complexity index is 1260. The van der Waals surface area contributed by atoms with Crippen LogP contribution in [0.2, 0.25) is 6.82 Å². The molecular weight excluding hydrogens is 331 g/mol. The van der Waals surface area contributed by atoms with E-state index in [9.17, 15) is 0 Å². The fraction of sp³-hybridized carbons (Fsp3) is 0.0870. The Morgan fingerprint density at radius 2 is 1.70 bits per heavy atom. The van der Waals surface area contributed by atoms with Crippen LogP contribution in [0.25, 0.3) is 34.3 Å². The molecule has 0 N–H and O–H groups in total. The smallest absolute Gasteiger partial charge is 0.402 e. The second kappa shape index (κ2) is 6.17. The quantitative estimate of drug-likeness (QED) is 0.409. The van der Waals surface area contributed by atoms with E-state index >= 15 is 0 Å². The molecule has 130 valence electrons. The van der Waals surface area contributed by atoms with Crippen molar-refractivity contribution in [3.05, 3.63) is 83.6 Å². The lowest BCUT2D eigenvalue weighted by molar-refractivity contribution is -0.657. The summed E-state index contributed by atoms with van der Waals surface area (Å²) < 4.78 is 8.26. The van der Waals surface area contributed by atoms with Crippen molar-refractivity contribution in [2.45, 2.75) is 6.82 Å². The molecule has 2 aromatic carbocycles.